The highest BCUT2D eigenvalue weighted by atomic mass is 32.2. The lowest BCUT2D eigenvalue weighted by Gasteiger charge is -2.12. The molecule has 0 radical (unpaired) electrons. The third kappa shape index (κ3) is 3.46. The van der Waals surface area contributed by atoms with Crippen LogP contribution in [0.1, 0.15) is 17.2 Å². The number of hydrogen-bond donors (Lipinski definition) is 1. The molecule has 1 N–H and O–H groups in total. The fraction of sp³-hybridized carbons (Fsp3) is 0.158. The molecule has 3 aromatic carbocycles. The van der Waals surface area contributed by atoms with Crippen molar-refractivity contribution in [3.05, 3.63) is 77.9 Å². The second-order valence-electron chi connectivity index (χ2n) is 5.25. The average molecular weight is 294 g/mol. The van der Waals surface area contributed by atoms with E-state index in [1.165, 1.54) is 21.2 Å². The first kappa shape index (κ1) is 14.2. The smallest absolute Gasteiger partial charge is 0.0884 e. The van der Waals surface area contributed by atoms with E-state index >= 15 is 0 Å². The number of benzene rings is 3. The molecule has 3 aromatic rings. The molecule has 0 heterocycles. The summed E-state index contributed by atoms with van der Waals surface area (Å²) < 4.78 is 0. The zero-order valence-corrected chi connectivity index (χ0v) is 12.8. The molecule has 1 nitrogen and oxygen atoms in total. The molecule has 0 aliphatic heterocycles. The summed E-state index contributed by atoms with van der Waals surface area (Å²) in [5.41, 5.74) is 2.23. The molecule has 0 aromatic heterocycles. The van der Waals surface area contributed by atoms with E-state index in [4.69, 9.17) is 0 Å². The van der Waals surface area contributed by atoms with Crippen LogP contribution in [0.5, 0.6) is 0 Å². The predicted molar refractivity (Wildman–Crippen MR) is 90.8 cm³/mol. The van der Waals surface area contributed by atoms with Crippen LogP contribution in [0.15, 0.2) is 71.6 Å². The molecular weight excluding hydrogens is 276 g/mol. The first-order chi connectivity index (χ1) is 10.2. The maximum Gasteiger partial charge on any atom is 0.0884 e. The van der Waals surface area contributed by atoms with Gasteiger partial charge >= 0.3 is 0 Å². The van der Waals surface area contributed by atoms with Gasteiger partial charge in [0.1, 0.15) is 0 Å². The van der Waals surface area contributed by atoms with Crippen molar-refractivity contribution in [1.29, 1.82) is 0 Å². The lowest BCUT2D eigenvalue weighted by Crippen LogP contribution is -2.00. The molecule has 1 atom stereocenters. The highest BCUT2D eigenvalue weighted by molar-refractivity contribution is 7.99. The first-order valence-electron chi connectivity index (χ1n) is 7.08. The normalized spacial score (nSPS) is 12.5. The molecule has 1 unspecified atom stereocenters. The number of fused-ring (bicyclic) bond motifs is 1. The van der Waals surface area contributed by atoms with Crippen molar-refractivity contribution in [2.24, 2.45) is 0 Å². The van der Waals surface area contributed by atoms with E-state index in [2.05, 4.69) is 55.5 Å². The largest absolute Gasteiger partial charge is 0.388 e. The van der Waals surface area contributed by atoms with E-state index in [-0.39, 0.29) is 0 Å². The Balaban J connectivity index is 1.73. The van der Waals surface area contributed by atoms with E-state index in [0.29, 0.717) is 5.75 Å². The Morgan fingerprint density at radius 2 is 1.71 bits per heavy atom. The fourth-order valence-electron chi connectivity index (χ4n) is 2.39. The quantitative estimate of drug-likeness (QED) is 0.685. The highest BCUT2D eigenvalue weighted by Gasteiger charge is 2.09. The van der Waals surface area contributed by atoms with Crippen molar-refractivity contribution in [3.63, 3.8) is 0 Å². The van der Waals surface area contributed by atoms with Gasteiger partial charge in [-0.1, -0.05) is 54.1 Å². The van der Waals surface area contributed by atoms with Crippen LogP contribution in [0.25, 0.3) is 10.8 Å². The SMILES string of the molecule is Cc1cccc(SCC(O)c2ccc3ccccc3c2)c1. The van der Waals surface area contributed by atoms with Crippen molar-refractivity contribution in [1.82, 2.24) is 0 Å². The second kappa shape index (κ2) is 6.33. The monoisotopic (exact) mass is 294 g/mol. The lowest BCUT2D eigenvalue weighted by atomic mass is 10.0. The summed E-state index contributed by atoms with van der Waals surface area (Å²) in [6.07, 6.45) is -0.444. The summed E-state index contributed by atoms with van der Waals surface area (Å²) in [6.45, 7) is 2.09. The number of thioether (sulfide) groups is 1. The van der Waals surface area contributed by atoms with Gasteiger partial charge in [0.15, 0.2) is 0 Å². The lowest BCUT2D eigenvalue weighted by molar-refractivity contribution is 0.204. The van der Waals surface area contributed by atoms with Crippen LogP contribution < -0.4 is 0 Å². The molecule has 21 heavy (non-hydrogen) atoms. The molecule has 0 aliphatic rings. The summed E-state index contributed by atoms with van der Waals surface area (Å²) in [5.74, 6) is 0.668. The van der Waals surface area contributed by atoms with E-state index in [1.807, 2.05) is 18.2 Å². The summed E-state index contributed by atoms with van der Waals surface area (Å²) in [4.78, 5) is 1.20. The average Bonchev–Trinajstić information content (AvgIpc) is 2.52. The van der Waals surface area contributed by atoms with Gasteiger partial charge in [-0.3, -0.25) is 0 Å². The number of hydrogen-bond acceptors (Lipinski definition) is 2. The second-order valence-corrected chi connectivity index (χ2v) is 6.34. The minimum absolute atomic E-state index is 0.444. The number of aliphatic hydroxyl groups is 1. The van der Waals surface area contributed by atoms with Gasteiger partial charge in [-0.05, 0) is 41.5 Å². The van der Waals surface area contributed by atoms with E-state index in [0.717, 1.165) is 5.56 Å². The van der Waals surface area contributed by atoms with Crippen LogP contribution in [0.3, 0.4) is 0 Å². The van der Waals surface area contributed by atoms with E-state index in [9.17, 15) is 5.11 Å². The Morgan fingerprint density at radius 3 is 2.52 bits per heavy atom. The summed E-state index contributed by atoms with van der Waals surface area (Å²) in [5, 5.41) is 12.8. The molecule has 3 rings (SSSR count). The maximum absolute atomic E-state index is 10.4. The van der Waals surface area contributed by atoms with Crippen LogP contribution in [-0.4, -0.2) is 10.9 Å². The molecule has 0 bridgehead atoms. The molecule has 106 valence electrons. The van der Waals surface area contributed by atoms with Gasteiger partial charge in [0.05, 0.1) is 6.10 Å². The molecule has 0 saturated heterocycles. The Hall–Kier alpha value is -1.77. The standard InChI is InChI=1S/C19H18OS/c1-14-5-4-8-18(11-14)21-13-19(20)17-10-9-15-6-2-3-7-16(15)12-17/h2-12,19-20H,13H2,1H3. The molecule has 0 fully saturated rings. The molecule has 0 spiro atoms. The summed E-state index contributed by atoms with van der Waals surface area (Å²) in [7, 11) is 0. The van der Waals surface area contributed by atoms with Gasteiger partial charge < -0.3 is 5.11 Å². The third-order valence-corrected chi connectivity index (χ3v) is 4.63. The third-order valence-electron chi connectivity index (χ3n) is 3.56. The van der Waals surface area contributed by atoms with Gasteiger partial charge in [0, 0.05) is 10.6 Å². The fourth-order valence-corrected chi connectivity index (χ4v) is 3.38. The van der Waals surface area contributed by atoms with Crippen molar-refractivity contribution >= 4 is 22.5 Å². The maximum atomic E-state index is 10.4. The Morgan fingerprint density at radius 1 is 0.905 bits per heavy atom. The zero-order valence-electron chi connectivity index (χ0n) is 12.0. The Labute approximate surface area is 129 Å². The molecule has 0 aliphatic carbocycles. The Kier molecular flexibility index (Phi) is 4.28. The van der Waals surface area contributed by atoms with Crippen LogP contribution in [-0.2, 0) is 0 Å². The van der Waals surface area contributed by atoms with Crippen molar-refractivity contribution in [3.8, 4) is 0 Å². The van der Waals surface area contributed by atoms with Crippen LogP contribution in [0.4, 0.5) is 0 Å². The first-order valence-corrected chi connectivity index (χ1v) is 8.07. The van der Waals surface area contributed by atoms with Gasteiger partial charge in [-0.25, -0.2) is 0 Å². The van der Waals surface area contributed by atoms with Crippen LogP contribution in [0.2, 0.25) is 0 Å². The van der Waals surface area contributed by atoms with Crippen LogP contribution >= 0.6 is 11.8 Å². The molecule has 2 heteroatoms. The highest BCUT2D eigenvalue weighted by Crippen LogP contribution is 2.27. The summed E-state index contributed by atoms with van der Waals surface area (Å²) in [6, 6.07) is 22.8. The van der Waals surface area contributed by atoms with Crippen molar-refractivity contribution < 1.29 is 5.11 Å². The zero-order chi connectivity index (χ0) is 14.7. The number of aryl methyl sites for hydroxylation is 1. The van der Waals surface area contributed by atoms with Crippen LogP contribution in [0, 0.1) is 6.92 Å². The molecular formula is C19H18OS. The molecule has 0 amide bonds. The van der Waals surface area contributed by atoms with Crippen molar-refractivity contribution in [2.75, 3.05) is 5.75 Å². The van der Waals surface area contributed by atoms with Crippen molar-refractivity contribution in [2.45, 2.75) is 17.9 Å². The van der Waals surface area contributed by atoms with Gasteiger partial charge in [-0.2, -0.15) is 0 Å². The summed E-state index contributed by atoms with van der Waals surface area (Å²) >= 11 is 1.69. The minimum atomic E-state index is -0.444. The van der Waals surface area contributed by atoms with Gasteiger partial charge in [0.2, 0.25) is 0 Å². The molecule has 0 saturated carbocycles. The van der Waals surface area contributed by atoms with E-state index < -0.39 is 6.10 Å². The predicted octanol–water partition coefficient (Wildman–Crippen LogP) is 4.97. The topological polar surface area (TPSA) is 20.2 Å². The van der Waals surface area contributed by atoms with Gasteiger partial charge in [0.25, 0.3) is 0 Å². The Bertz CT molecular complexity index is 751. The van der Waals surface area contributed by atoms with E-state index in [1.54, 1.807) is 11.8 Å². The number of aliphatic hydroxyl groups excluding tert-OH is 1. The minimum Gasteiger partial charge on any atom is -0.388 e. The number of rotatable bonds is 4. The van der Waals surface area contributed by atoms with Gasteiger partial charge in [-0.15, -0.1) is 11.8 Å².